The second-order valence-electron chi connectivity index (χ2n) is 5.78. The molecule has 0 rings (SSSR count). The summed E-state index contributed by atoms with van der Waals surface area (Å²) >= 11 is 0. The molecule has 0 N–H and O–H groups in total. The fourth-order valence-corrected chi connectivity index (χ4v) is 2.81. The van der Waals surface area contributed by atoms with E-state index in [9.17, 15) is 0 Å². The van der Waals surface area contributed by atoms with Gasteiger partial charge in [0, 0.05) is 0 Å². The Morgan fingerprint density at radius 1 is 0.588 bits per heavy atom. The Kier molecular flexibility index (Phi) is 12.5. The van der Waals surface area contributed by atoms with Crippen molar-refractivity contribution < 1.29 is 0 Å². The average Bonchev–Trinajstić information content (AvgIpc) is 2.36. The fourth-order valence-electron chi connectivity index (χ4n) is 2.81. The summed E-state index contributed by atoms with van der Waals surface area (Å²) < 4.78 is 0. The van der Waals surface area contributed by atoms with Gasteiger partial charge in [-0.25, -0.2) is 0 Å². The maximum atomic E-state index is 2.38. The molecule has 2 atom stereocenters. The lowest BCUT2D eigenvalue weighted by Gasteiger charge is -2.21. The van der Waals surface area contributed by atoms with Gasteiger partial charge in [-0.3, -0.25) is 0 Å². The fraction of sp³-hybridized carbons (Fsp3) is 1.00. The Hall–Kier alpha value is 0. The first-order valence-corrected chi connectivity index (χ1v) is 8.28. The molecule has 0 aliphatic heterocycles. The zero-order valence-electron chi connectivity index (χ0n) is 12.9. The Bertz CT molecular complexity index is 123. The molecule has 0 radical (unpaired) electrons. The van der Waals surface area contributed by atoms with Crippen LogP contribution in [0.25, 0.3) is 0 Å². The molecule has 0 nitrogen and oxygen atoms in total. The maximum Gasteiger partial charge on any atom is -0.0414 e. The average molecular weight is 240 g/mol. The van der Waals surface area contributed by atoms with Crippen molar-refractivity contribution in [2.24, 2.45) is 11.8 Å². The Morgan fingerprint density at radius 3 is 1.29 bits per heavy atom. The van der Waals surface area contributed by atoms with Gasteiger partial charge in [0.15, 0.2) is 0 Å². The predicted octanol–water partition coefficient (Wildman–Crippen LogP) is 6.59. The normalized spacial score (nSPS) is 14.8. The predicted molar refractivity (Wildman–Crippen MR) is 80.5 cm³/mol. The topological polar surface area (TPSA) is 0 Å². The van der Waals surface area contributed by atoms with Crippen molar-refractivity contribution in [1.82, 2.24) is 0 Å². The van der Waals surface area contributed by atoms with Gasteiger partial charge in [-0.05, 0) is 18.3 Å². The van der Waals surface area contributed by atoms with Gasteiger partial charge in [-0.15, -0.1) is 0 Å². The number of hydrogen-bond acceptors (Lipinski definition) is 0. The van der Waals surface area contributed by atoms with Crippen molar-refractivity contribution in [3.8, 4) is 0 Å². The molecule has 0 bridgehead atoms. The van der Waals surface area contributed by atoms with Crippen LogP contribution in [0.5, 0.6) is 0 Å². The molecule has 0 spiro atoms. The van der Waals surface area contributed by atoms with Crippen LogP contribution < -0.4 is 0 Å². The summed E-state index contributed by atoms with van der Waals surface area (Å²) in [5.41, 5.74) is 0. The van der Waals surface area contributed by atoms with E-state index in [0.29, 0.717) is 0 Å². The van der Waals surface area contributed by atoms with Gasteiger partial charge in [-0.1, -0.05) is 91.9 Å². The quantitative estimate of drug-likeness (QED) is 0.338. The third-order valence-corrected chi connectivity index (χ3v) is 4.25. The van der Waals surface area contributed by atoms with Crippen LogP contribution in [0.2, 0.25) is 0 Å². The molecule has 0 aromatic heterocycles. The molecule has 0 amide bonds. The molecular weight excluding hydrogens is 204 g/mol. The maximum absolute atomic E-state index is 2.38. The van der Waals surface area contributed by atoms with Crippen LogP contribution >= 0.6 is 0 Å². The van der Waals surface area contributed by atoms with E-state index in [1.165, 1.54) is 70.6 Å². The highest BCUT2D eigenvalue weighted by Gasteiger charge is 2.13. The van der Waals surface area contributed by atoms with Crippen molar-refractivity contribution in [2.75, 3.05) is 0 Å². The summed E-state index contributed by atoms with van der Waals surface area (Å²) in [6.45, 7) is 9.38. The molecule has 0 saturated heterocycles. The Balaban J connectivity index is 3.77. The molecule has 0 aromatic carbocycles. The second-order valence-corrected chi connectivity index (χ2v) is 5.78. The number of hydrogen-bond donors (Lipinski definition) is 0. The first-order chi connectivity index (χ1) is 8.28. The first kappa shape index (κ1) is 17.0. The van der Waals surface area contributed by atoms with Crippen molar-refractivity contribution >= 4 is 0 Å². The number of unbranched alkanes of at least 4 members (excludes halogenated alkanes) is 4. The Labute approximate surface area is 111 Å². The van der Waals surface area contributed by atoms with Gasteiger partial charge >= 0.3 is 0 Å². The summed E-state index contributed by atoms with van der Waals surface area (Å²) in [6.07, 6.45) is 15.8. The van der Waals surface area contributed by atoms with Gasteiger partial charge < -0.3 is 0 Å². The molecular formula is C17H36. The summed E-state index contributed by atoms with van der Waals surface area (Å²) in [6, 6.07) is 0. The number of rotatable bonds is 12. The standard InChI is InChI=1S/C17H36/c1-5-9-11-13-16(7-3)15-17(8-4)14-12-10-6-2/h16-17H,5-15H2,1-4H3. The third kappa shape index (κ3) is 9.68. The minimum absolute atomic E-state index is 1.01. The molecule has 17 heavy (non-hydrogen) atoms. The van der Waals surface area contributed by atoms with Gasteiger partial charge in [-0.2, -0.15) is 0 Å². The molecule has 0 heteroatoms. The van der Waals surface area contributed by atoms with E-state index < -0.39 is 0 Å². The van der Waals surface area contributed by atoms with E-state index in [-0.39, 0.29) is 0 Å². The highest BCUT2D eigenvalue weighted by atomic mass is 14.2. The van der Waals surface area contributed by atoms with Crippen LogP contribution in [-0.4, -0.2) is 0 Å². The van der Waals surface area contributed by atoms with Crippen LogP contribution in [0.1, 0.15) is 98.3 Å². The van der Waals surface area contributed by atoms with Crippen molar-refractivity contribution in [3.63, 3.8) is 0 Å². The second kappa shape index (κ2) is 12.5. The minimum atomic E-state index is 1.01. The smallest absolute Gasteiger partial charge is 0.0414 e. The van der Waals surface area contributed by atoms with E-state index in [1.54, 1.807) is 0 Å². The molecule has 2 unspecified atom stereocenters. The lowest BCUT2D eigenvalue weighted by molar-refractivity contribution is 0.309. The molecule has 0 aliphatic rings. The monoisotopic (exact) mass is 240 g/mol. The van der Waals surface area contributed by atoms with Crippen LogP contribution in [0.15, 0.2) is 0 Å². The summed E-state index contributed by atoms with van der Waals surface area (Å²) in [7, 11) is 0. The first-order valence-electron chi connectivity index (χ1n) is 8.28. The van der Waals surface area contributed by atoms with Crippen LogP contribution in [0, 0.1) is 11.8 Å². The summed E-state index contributed by atoms with van der Waals surface area (Å²) in [4.78, 5) is 0. The van der Waals surface area contributed by atoms with Gasteiger partial charge in [0.2, 0.25) is 0 Å². The van der Waals surface area contributed by atoms with E-state index >= 15 is 0 Å². The zero-order chi connectivity index (χ0) is 12.9. The SMILES string of the molecule is CCCCCC(CC)CC(CC)CCCCC. The molecule has 104 valence electrons. The van der Waals surface area contributed by atoms with Gasteiger partial charge in [0.1, 0.15) is 0 Å². The van der Waals surface area contributed by atoms with E-state index in [1.807, 2.05) is 0 Å². The lowest BCUT2D eigenvalue weighted by Crippen LogP contribution is -2.08. The molecule has 0 saturated carbocycles. The van der Waals surface area contributed by atoms with Gasteiger partial charge in [0.25, 0.3) is 0 Å². The van der Waals surface area contributed by atoms with Crippen LogP contribution in [0.4, 0.5) is 0 Å². The van der Waals surface area contributed by atoms with Crippen molar-refractivity contribution in [3.05, 3.63) is 0 Å². The van der Waals surface area contributed by atoms with Crippen molar-refractivity contribution in [1.29, 1.82) is 0 Å². The highest BCUT2D eigenvalue weighted by Crippen LogP contribution is 2.27. The summed E-state index contributed by atoms with van der Waals surface area (Å²) in [5.74, 6) is 2.02. The highest BCUT2D eigenvalue weighted by molar-refractivity contribution is 4.65. The molecule has 0 fully saturated rings. The largest absolute Gasteiger partial charge is 0.0654 e. The van der Waals surface area contributed by atoms with E-state index in [2.05, 4.69) is 27.7 Å². The lowest BCUT2D eigenvalue weighted by atomic mass is 9.84. The van der Waals surface area contributed by atoms with Crippen molar-refractivity contribution in [2.45, 2.75) is 98.3 Å². The molecule has 0 aliphatic carbocycles. The van der Waals surface area contributed by atoms with Crippen LogP contribution in [-0.2, 0) is 0 Å². The molecule has 0 heterocycles. The van der Waals surface area contributed by atoms with E-state index in [0.717, 1.165) is 11.8 Å². The van der Waals surface area contributed by atoms with Crippen LogP contribution in [0.3, 0.4) is 0 Å². The summed E-state index contributed by atoms with van der Waals surface area (Å²) in [5, 5.41) is 0. The van der Waals surface area contributed by atoms with Gasteiger partial charge in [0.05, 0.1) is 0 Å². The minimum Gasteiger partial charge on any atom is -0.0654 e. The molecule has 0 aromatic rings. The van der Waals surface area contributed by atoms with E-state index in [4.69, 9.17) is 0 Å². The Morgan fingerprint density at radius 2 is 1.00 bits per heavy atom. The third-order valence-electron chi connectivity index (χ3n) is 4.25. The zero-order valence-corrected chi connectivity index (χ0v) is 12.9.